The zero-order chi connectivity index (χ0) is 21.0. The normalized spacial score (nSPS) is 11.5. The van der Waals surface area contributed by atoms with Gasteiger partial charge in [0, 0.05) is 36.7 Å². The number of halogens is 1. The van der Waals surface area contributed by atoms with Crippen LogP contribution in [0.5, 0.6) is 0 Å². The Hall–Kier alpha value is -3.74. The number of aromatic nitrogens is 5. The Bertz CT molecular complexity index is 1380. The van der Waals surface area contributed by atoms with Crippen LogP contribution in [0.15, 0.2) is 54.9 Å². The van der Waals surface area contributed by atoms with Crippen LogP contribution in [-0.2, 0) is 0 Å². The number of fused-ring (bicyclic) bond motifs is 3. The van der Waals surface area contributed by atoms with Crippen molar-refractivity contribution >= 4 is 22.4 Å². The highest BCUT2D eigenvalue weighted by atomic mass is 19.1. The fraction of sp³-hybridized carbons (Fsp3) is 0.174. The lowest BCUT2D eigenvalue weighted by Crippen LogP contribution is -2.07. The van der Waals surface area contributed by atoms with E-state index < -0.39 is 0 Å². The van der Waals surface area contributed by atoms with Crippen molar-refractivity contribution in [2.24, 2.45) is 0 Å². The number of hydrogen-bond donors (Lipinski definition) is 0. The second-order valence-corrected chi connectivity index (χ2v) is 7.61. The molecule has 30 heavy (non-hydrogen) atoms. The summed E-state index contributed by atoms with van der Waals surface area (Å²) < 4.78 is 17.2. The maximum Gasteiger partial charge on any atom is 0.182 e. The van der Waals surface area contributed by atoms with Crippen LogP contribution in [0.1, 0.15) is 11.3 Å². The van der Waals surface area contributed by atoms with Gasteiger partial charge in [-0.3, -0.25) is 4.57 Å². The van der Waals surface area contributed by atoms with Gasteiger partial charge >= 0.3 is 0 Å². The highest BCUT2D eigenvalue weighted by Crippen LogP contribution is 2.31. The molecule has 0 amide bonds. The molecule has 5 aromatic rings. The van der Waals surface area contributed by atoms with E-state index >= 15 is 0 Å². The van der Waals surface area contributed by atoms with Crippen molar-refractivity contribution < 1.29 is 4.39 Å². The van der Waals surface area contributed by atoms with Gasteiger partial charge in [0.2, 0.25) is 0 Å². The van der Waals surface area contributed by atoms with Gasteiger partial charge in [0.05, 0.1) is 5.39 Å². The van der Waals surface area contributed by atoms with Gasteiger partial charge in [-0.05, 0) is 67.9 Å². The van der Waals surface area contributed by atoms with Crippen LogP contribution in [0.25, 0.3) is 33.8 Å². The van der Waals surface area contributed by atoms with E-state index in [4.69, 9.17) is 4.98 Å². The number of benzene rings is 2. The molecule has 0 atom stereocenters. The minimum Gasteiger partial charge on any atom is -0.378 e. The first-order chi connectivity index (χ1) is 14.4. The molecule has 0 radical (unpaired) electrons. The fourth-order valence-corrected chi connectivity index (χ4v) is 3.80. The second kappa shape index (κ2) is 6.66. The predicted molar refractivity (Wildman–Crippen MR) is 117 cm³/mol. The number of anilines is 1. The van der Waals surface area contributed by atoms with E-state index in [0.29, 0.717) is 5.82 Å². The fourth-order valence-electron chi connectivity index (χ4n) is 3.80. The van der Waals surface area contributed by atoms with E-state index in [1.165, 1.54) is 12.1 Å². The highest BCUT2D eigenvalue weighted by molar-refractivity contribution is 5.95. The summed E-state index contributed by atoms with van der Waals surface area (Å²) in [5.74, 6) is 0.392. The molecule has 0 fully saturated rings. The molecule has 0 bridgehead atoms. The maximum atomic E-state index is 13.4. The third-order valence-electron chi connectivity index (χ3n) is 5.56. The third kappa shape index (κ3) is 2.74. The van der Waals surface area contributed by atoms with Crippen LogP contribution in [0.2, 0.25) is 0 Å². The molecular weight excluding hydrogens is 379 g/mol. The Morgan fingerprint density at radius 2 is 1.60 bits per heavy atom. The molecule has 3 aromatic heterocycles. The van der Waals surface area contributed by atoms with Crippen molar-refractivity contribution in [2.75, 3.05) is 19.0 Å². The molecule has 0 N–H and O–H groups in total. The average Bonchev–Trinajstić information content (AvgIpc) is 3.28. The predicted octanol–water partition coefficient (Wildman–Crippen LogP) is 4.56. The lowest BCUT2D eigenvalue weighted by atomic mass is 10.2. The van der Waals surface area contributed by atoms with Gasteiger partial charge < -0.3 is 4.90 Å². The molecule has 0 saturated heterocycles. The third-order valence-corrected chi connectivity index (χ3v) is 5.56. The minimum atomic E-state index is -0.262. The Balaban J connectivity index is 1.70. The van der Waals surface area contributed by atoms with Crippen LogP contribution in [-0.4, -0.2) is 38.2 Å². The van der Waals surface area contributed by atoms with Crippen LogP contribution in [0.4, 0.5) is 10.1 Å². The SMILES string of the molecule is Cc1c(C)n(-c2ccc(F)cc2)c2ncn3nc(-c4ccc(N(C)C)cc4)nc3c12. The zero-order valence-electron chi connectivity index (χ0n) is 17.3. The number of nitrogens with zero attached hydrogens (tertiary/aromatic N) is 6. The molecule has 150 valence electrons. The van der Waals surface area contributed by atoms with Gasteiger partial charge in [0.25, 0.3) is 0 Å². The first-order valence-corrected chi connectivity index (χ1v) is 9.71. The lowest BCUT2D eigenvalue weighted by Gasteiger charge is -2.11. The van der Waals surface area contributed by atoms with Gasteiger partial charge in [-0.2, -0.15) is 0 Å². The summed E-state index contributed by atoms with van der Waals surface area (Å²) >= 11 is 0. The van der Waals surface area contributed by atoms with Crippen molar-refractivity contribution in [3.8, 4) is 17.1 Å². The molecule has 0 aliphatic carbocycles. The average molecular weight is 400 g/mol. The first-order valence-electron chi connectivity index (χ1n) is 9.71. The van der Waals surface area contributed by atoms with Crippen LogP contribution >= 0.6 is 0 Å². The smallest absolute Gasteiger partial charge is 0.182 e. The van der Waals surface area contributed by atoms with Crippen molar-refractivity contribution in [2.45, 2.75) is 13.8 Å². The van der Waals surface area contributed by atoms with Crippen LogP contribution in [0, 0.1) is 19.7 Å². The summed E-state index contributed by atoms with van der Waals surface area (Å²) in [7, 11) is 4.02. The number of aryl methyl sites for hydroxylation is 1. The molecule has 3 heterocycles. The van der Waals surface area contributed by atoms with Gasteiger partial charge in [0.15, 0.2) is 17.1 Å². The summed E-state index contributed by atoms with van der Waals surface area (Å²) in [5, 5.41) is 5.59. The van der Waals surface area contributed by atoms with Crippen molar-refractivity contribution in [3.63, 3.8) is 0 Å². The van der Waals surface area contributed by atoms with Crippen molar-refractivity contribution in [1.82, 2.24) is 24.1 Å². The summed E-state index contributed by atoms with van der Waals surface area (Å²) in [6, 6.07) is 14.6. The van der Waals surface area contributed by atoms with Gasteiger partial charge in [-0.25, -0.2) is 18.9 Å². The number of rotatable bonds is 3. The van der Waals surface area contributed by atoms with E-state index in [0.717, 1.165) is 44.9 Å². The molecule has 5 rings (SSSR count). The van der Waals surface area contributed by atoms with E-state index in [1.807, 2.05) is 37.7 Å². The zero-order valence-corrected chi connectivity index (χ0v) is 17.3. The Kier molecular flexibility index (Phi) is 4.06. The molecular formula is C23H21FN6. The summed E-state index contributed by atoms with van der Waals surface area (Å²) in [4.78, 5) is 11.5. The van der Waals surface area contributed by atoms with Gasteiger partial charge in [-0.1, -0.05) is 0 Å². The summed E-state index contributed by atoms with van der Waals surface area (Å²) in [6.45, 7) is 4.09. The molecule has 0 unspecified atom stereocenters. The molecule has 0 saturated carbocycles. The molecule has 0 aliphatic heterocycles. The topological polar surface area (TPSA) is 51.3 Å². The van der Waals surface area contributed by atoms with Crippen molar-refractivity contribution in [3.05, 3.63) is 71.9 Å². The molecule has 0 aliphatic rings. The maximum absolute atomic E-state index is 13.4. The van der Waals surface area contributed by atoms with Gasteiger partial charge in [0.1, 0.15) is 12.1 Å². The van der Waals surface area contributed by atoms with Crippen molar-refractivity contribution in [1.29, 1.82) is 0 Å². The molecule has 7 heteroatoms. The Morgan fingerprint density at radius 3 is 2.27 bits per heavy atom. The van der Waals surface area contributed by atoms with Crippen LogP contribution in [0.3, 0.4) is 0 Å². The standard InChI is InChI=1S/C23H21FN6/c1-14-15(2)30(19-11-7-17(24)8-12-19)22-20(14)23-26-21(27-29(23)13-25-22)16-5-9-18(10-6-16)28(3)4/h5-13H,1-4H3. The summed E-state index contributed by atoms with van der Waals surface area (Å²) in [6.07, 6.45) is 1.68. The molecule has 2 aromatic carbocycles. The van der Waals surface area contributed by atoms with E-state index in [-0.39, 0.29) is 5.82 Å². The van der Waals surface area contributed by atoms with E-state index in [9.17, 15) is 4.39 Å². The Morgan fingerprint density at radius 1 is 0.900 bits per heavy atom. The second-order valence-electron chi connectivity index (χ2n) is 7.61. The lowest BCUT2D eigenvalue weighted by molar-refractivity contribution is 0.627. The van der Waals surface area contributed by atoms with Gasteiger partial charge in [-0.15, -0.1) is 5.10 Å². The first kappa shape index (κ1) is 18.3. The molecule has 0 spiro atoms. The number of hydrogen-bond acceptors (Lipinski definition) is 4. The largest absolute Gasteiger partial charge is 0.378 e. The molecule has 6 nitrogen and oxygen atoms in total. The van der Waals surface area contributed by atoms with Crippen LogP contribution < -0.4 is 4.90 Å². The quantitative estimate of drug-likeness (QED) is 0.446. The summed E-state index contributed by atoms with van der Waals surface area (Å²) in [5.41, 5.74) is 6.59. The van der Waals surface area contributed by atoms with E-state index in [1.54, 1.807) is 23.0 Å². The Labute approximate surface area is 173 Å². The highest BCUT2D eigenvalue weighted by Gasteiger charge is 2.19. The monoisotopic (exact) mass is 400 g/mol. The minimum absolute atomic E-state index is 0.262. The van der Waals surface area contributed by atoms with E-state index in [2.05, 4.69) is 34.0 Å².